The van der Waals surface area contributed by atoms with Gasteiger partial charge in [-0.1, -0.05) is 36.4 Å². The number of rotatable bonds is 5. The van der Waals surface area contributed by atoms with Crippen molar-refractivity contribution in [2.24, 2.45) is 0 Å². The van der Waals surface area contributed by atoms with Gasteiger partial charge in [-0.2, -0.15) is 0 Å². The van der Waals surface area contributed by atoms with E-state index >= 15 is 0 Å². The van der Waals surface area contributed by atoms with Crippen LogP contribution in [0, 0.1) is 11.6 Å². The van der Waals surface area contributed by atoms with Crippen LogP contribution in [0.1, 0.15) is 12.0 Å². The molecule has 3 rings (SSSR count). The molecule has 1 aliphatic rings. The van der Waals surface area contributed by atoms with Crippen LogP contribution in [0.25, 0.3) is 0 Å². The topological polar surface area (TPSA) is 12.5 Å². The van der Waals surface area contributed by atoms with Gasteiger partial charge in [0, 0.05) is 25.7 Å². The van der Waals surface area contributed by atoms with Gasteiger partial charge in [-0.3, -0.25) is 4.90 Å². The second kappa shape index (κ2) is 7.90. The minimum absolute atomic E-state index is 0.321. The van der Waals surface area contributed by atoms with E-state index < -0.39 is 11.6 Å². The van der Waals surface area contributed by atoms with Gasteiger partial charge >= 0.3 is 0 Å². The smallest absolute Gasteiger partial charge is 0.162 e. The van der Waals surface area contributed by atoms with Crippen molar-refractivity contribution in [3.63, 3.8) is 0 Å². The fraction of sp³-hybridized carbons (Fsp3) is 0.263. The van der Waals surface area contributed by atoms with E-state index in [1.807, 2.05) is 18.2 Å². The Morgan fingerprint density at radius 3 is 2.54 bits per heavy atom. The highest BCUT2D eigenvalue weighted by Crippen LogP contribution is 2.28. The van der Waals surface area contributed by atoms with Crippen LogP contribution in [-0.2, 0) is 6.54 Å². The standard InChI is InChI=1S/C19H18BrF2NO/c20-16-10-17(21)18(22)11-19(16)24-13-15-6-8-23(9-7-15)12-14-4-2-1-3-5-14/h1-6,10-11H,7-9,12-13H2. The Morgan fingerprint density at radius 1 is 1.08 bits per heavy atom. The molecule has 0 fully saturated rings. The first-order valence-corrected chi connectivity index (χ1v) is 8.62. The molecule has 0 aliphatic carbocycles. The summed E-state index contributed by atoms with van der Waals surface area (Å²) in [4.78, 5) is 2.37. The predicted octanol–water partition coefficient (Wildman–Crippen LogP) is 4.94. The minimum Gasteiger partial charge on any atom is -0.488 e. The summed E-state index contributed by atoms with van der Waals surface area (Å²) in [6.45, 7) is 3.15. The Bertz CT molecular complexity index is 734. The molecule has 1 aliphatic heterocycles. The fourth-order valence-corrected chi connectivity index (χ4v) is 3.08. The number of hydrogen-bond donors (Lipinski definition) is 0. The first-order chi connectivity index (χ1) is 11.6. The molecular weight excluding hydrogens is 376 g/mol. The molecule has 0 spiro atoms. The summed E-state index contributed by atoms with van der Waals surface area (Å²) in [6, 6.07) is 12.5. The maximum atomic E-state index is 13.3. The molecule has 126 valence electrons. The number of benzene rings is 2. The summed E-state index contributed by atoms with van der Waals surface area (Å²) < 4.78 is 32.4. The SMILES string of the molecule is Fc1cc(Br)c(OCC2=CCN(Cc3ccccc3)CC2)cc1F. The Kier molecular flexibility index (Phi) is 5.63. The maximum absolute atomic E-state index is 13.3. The van der Waals surface area contributed by atoms with Gasteiger partial charge in [0.1, 0.15) is 12.4 Å². The number of hydrogen-bond acceptors (Lipinski definition) is 2. The first kappa shape index (κ1) is 17.1. The highest BCUT2D eigenvalue weighted by molar-refractivity contribution is 9.10. The van der Waals surface area contributed by atoms with Gasteiger partial charge in [0.05, 0.1) is 4.47 Å². The minimum atomic E-state index is -0.903. The van der Waals surface area contributed by atoms with Crippen molar-refractivity contribution in [1.82, 2.24) is 4.90 Å². The number of nitrogens with zero attached hydrogens (tertiary/aromatic N) is 1. The average molecular weight is 394 g/mol. The maximum Gasteiger partial charge on any atom is 0.162 e. The molecule has 24 heavy (non-hydrogen) atoms. The summed E-state index contributed by atoms with van der Waals surface area (Å²) in [6.07, 6.45) is 3.06. The lowest BCUT2D eigenvalue weighted by Crippen LogP contribution is -2.29. The Morgan fingerprint density at radius 2 is 1.83 bits per heavy atom. The van der Waals surface area contributed by atoms with Gasteiger partial charge in [-0.05, 0) is 39.6 Å². The van der Waals surface area contributed by atoms with Crippen molar-refractivity contribution in [1.29, 1.82) is 0 Å². The van der Waals surface area contributed by atoms with Crippen molar-refractivity contribution in [3.05, 3.63) is 75.8 Å². The van der Waals surface area contributed by atoms with Crippen molar-refractivity contribution >= 4 is 15.9 Å². The zero-order chi connectivity index (χ0) is 16.9. The van der Waals surface area contributed by atoms with Crippen LogP contribution in [0.3, 0.4) is 0 Å². The zero-order valence-corrected chi connectivity index (χ0v) is 14.7. The van der Waals surface area contributed by atoms with Crippen LogP contribution in [0.5, 0.6) is 5.75 Å². The number of halogens is 3. The molecule has 0 N–H and O–H groups in total. The molecule has 1 heterocycles. The summed E-state index contributed by atoms with van der Waals surface area (Å²) in [5.74, 6) is -1.47. The molecule has 0 radical (unpaired) electrons. The second-order valence-corrected chi connectivity index (χ2v) is 6.67. The molecule has 2 nitrogen and oxygen atoms in total. The molecule has 2 aromatic carbocycles. The normalized spacial score (nSPS) is 15.2. The van der Waals surface area contributed by atoms with Crippen molar-refractivity contribution in [3.8, 4) is 5.75 Å². The van der Waals surface area contributed by atoms with E-state index in [0.29, 0.717) is 16.8 Å². The summed E-state index contributed by atoms with van der Waals surface area (Å²) in [7, 11) is 0. The lowest BCUT2D eigenvalue weighted by molar-refractivity contribution is 0.269. The third-order valence-electron chi connectivity index (χ3n) is 4.02. The van der Waals surface area contributed by atoms with Gasteiger partial charge in [0.2, 0.25) is 0 Å². The monoisotopic (exact) mass is 393 g/mol. The van der Waals surface area contributed by atoms with Crippen LogP contribution < -0.4 is 4.74 Å². The summed E-state index contributed by atoms with van der Waals surface area (Å²) >= 11 is 3.19. The van der Waals surface area contributed by atoms with E-state index in [1.54, 1.807) is 0 Å². The third-order valence-corrected chi connectivity index (χ3v) is 4.64. The van der Waals surface area contributed by atoms with Crippen molar-refractivity contribution < 1.29 is 13.5 Å². The van der Waals surface area contributed by atoms with Gasteiger partial charge in [0.15, 0.2) is 11.6 Å². The van der Waals surface area contributed by atoms with Crippen LogP contribution in [0.15, 0.2) is 58.6 Å². The first-order valence-electron chi connectivity index (χ1n) is 7.83. The summed E-state index contributed by atoms with van der Waals surface area (Å²) in [5, 5.41) is 0. The van der Waals surface area contributed by atoms with Crippen LogP contribution in [-0.4, -0.2) is 24.6 Å². The molecule has 0 unspecified atom stereocenters. The lowest BCUT2D eigenvalue weighted by Gasteiger charge is -2.26. The van der Waals surface area contributed by atoms with Gasteiger partial charge in [0.25, 0.3) is 0 Å². The van der Waals surface area contributed by atoms with Crippen LogP contribution in [0.4, 0.5) is 8.78 Å². The fourth-order valence-electron chi connectivity index (χ4n) is 2.65. The van der Waals surface area contributed by atoms with Gasteiger partial charge in [-0.15, -0.1) is 0 Å². The molecule has 5 heteroatoms. The second-order valence-electron chi connectivity index (χ2n) is 5.82. The molecular formula is C19H18BrF2NO. The van der Waals surface area contributed by atoms with Gasteiger partial charge in [-0.25, -0.2) is 8.78 Å². The molecule has 0 bridgehead atoms. The zero-order valence-electron chi connectivity index (χ0n) is 13.1. The molecule has 0 saturated heterocycles. The summed E-state index contributed by atoms with van der Waals surface area (Å²) in [5.41, 5.74) is 2.48. The molecule has 0 atom stereocenters. The molecule has 0 saturated carbocycles. The number of ether oxygens (including phenoxy) is 1. The van der Waals surface area contributed by atoms with E-state index in [2.05, 4.69) is 39.0 Å². The van der Waals surface area contributed by atoms with E-state index in [4.69, 9.17) is 4.74 Å². The van der Waals surface area contributed by atoms with E-state index in [1.165, 1.54) is 11.1 Å². The molecule has 0 amide bonds. The molecule has 2 aromatic rings. The van der Waals surface area contributed by atoms with Crippen LogP contribution in [0.2, 0.25) is 0 Å². The quantitative estimate of drug-likeness (QED) is 0.526. The van der Waals surface area contributed by atoms with Crippen LogP contribution >= 0.6 is 15.9 Å². The Hall–Kier alpha value is -1.72. The Labute approximate surface area is 148 Å². The average Bonchev–Trinajstić information content (AvgIpc) is 2.59. The van der Waals surface area contributed by atoms with E-state index in [9.17, 15) is 8.78 Å². The van der Waals surface area contributed by atoms with Crippen molar-refractivity contribution in [2.75, 3.05) is 19.7 Å². The van der Waals surface area contributed by atoms with Crippen molar-refractivity contribution in [2.45, 2.75) is 13.0 Å². The van der Waals surface area contributed by atoms with E-state index in [-0.39, 0.29) is 0 Å². The van der Waals surface area contributed by atoms with Gasteiger partial charge < -0.3 is 4.74 Å². The predicted molar refractivity (Wildman–Crippen MR) is 94.0 cm³/mol. The van der Waals surface area contributed by atoms with E-state index in [0.717, 1.165) is 38.2 Å². The lowest BCUT2D eigenvalue weighted by atomic mass is 10.1. The highest BCUT2D eigenvalue weighted by atomic mass is 79.9. The third kappa shape index (κ3) is 4.42. The molecule has 0 aromatic heterocycles. The highest BCUT2D eigenvalue weighted by Gasteiger charge is 2.14. The largest absolute Gasteiger partial charge is 0.488 e. The Balaban J connectivity index is 1.53.